The summed E-state index contributed by atoms with van der Waals surface area (Å²) in [4.78, 5) is 4.01. The van der Waals surface area contributed by atoms with Crippen LogP contribution in [0.3, 0.4) is 0 Å². The summed E-state index contributed by atoms with van der Waals surface area (Å²) in [5.41, 5.74) is 1.54. The number of likely N-dealkylation sites (N-methyl/N-ethyl adjacent to an activating group) is 1. The first-order valence-electron chi connectivity index (χ1n) is 5.98. The Bertz CT molecular complexity index is 351. The summed E-state index contributed by atoms with van der Waals surface area (Å²) in [6.07, 6.45) is 1.24. The van der Waals surface area contributed by atoms with Gasteiger partial charge in [0.15, 0.2) is 0 Å². The molecule has 3 rings (SSSR count). The maximum atomic E-state index is 3.34. The predicted octanol–water partition coefficient (Wildman–Crippen LogP) is 1.61. The van der Waals surface area contributed by atoms with E-state index < -0.39 is 0 Å². The maximum Gasteiger partial charge on any atom is 0.0342 e. The molecule has 0 saturated carbocycles. The summed E-state index contributed by atoms with van der Waals surface area (Å²) in [6, 6.07) is 9.59. The first-order valence-corrected chi connectivity index (χ1v) is 6.86. The van der Waals surface area contributed by atoms with Gasteiger partial charge in [-0.05, 0) is 25.1 Å². The van der Waals surface area contributed by atoms with E-state index in [1.54, 1.807) is 0 Å². The minimum Gasteiger partial charge on any atom is -0.314 e. The van der Waals surface area contributed by atoms with Crippen LogP contribution in [0.15, 0.2) is 29.2 Å². The van der Waals surface area contributed by atoms with Gasteiger partial charge in [0.1, 0.15) is 0 Å². The Hall–Kier alpha value is -0.510. The fourth-order valence-corrected chi connectivity index (χ4v) is 3.80. The normalized spacial score (nSPS) is 24.5. The van der Waals surface area contributed by atoms with Crippen molar-refractivity contribution in [3.63, 3.8) is 0 Å². The van der Waals surface area contributed by atoms with Crippen LogP contribution < -0.4 is 5.32 Å². The number of thioether (sulfide) groups is 1. The van der Waals surface area contributed by atoms with E-state index in [1.807, 2.05) is 0 Å². The van der Waals surface area contributed by atoms with E-state index >= 15 is 0 Å². The summed E-state index contributed by atoms with van der Waals surface area (Å²) in [5, 5.41) is 4.09. The van der Waals surface area contributed by atoms with E-state index in [2.05, 4.69) is 53.3 Å². The third-order valence-electron chi connectivity index (χ3n) is 3.59. The second-order valence-electron chi connectivity index (χ2n) is 4.80. The third kappa shape index (κ3) is 1.99. The van der Waals surface area contributed by atoms with Crippen molar-refractivity contribution < 1.29 is 0 Å². The summed E-state index contributed by atoms with van der Waals surface area (Å²) in [6.45, 7) is 3.55. The molecular weight excluding hydrogens is 216 g/mol. The molecule has 0 aliphatic carbocycles. The highest BCUT2D eigenvalue weighted by Gasteiger charge is 2.27. The molecule has 2 nitrogen and oxygen atoms in total. The van der Waals surface area contributed by atoms with Gasteiger partial charge in [-0.15, -0.1) is 11.8 Å². The van der Waals surface area contributed by atoms with Gasteiger partial charge in [0.2, 0.25) is 0 Å². The minimum atomic E-state index is 0.753. The minimum absolute atomic E-state index is 0.753. The van der Waals surface area contributed by atoms with Crippen LogP contribution >= 0.6 is 11.8 Å². The Labute approximate surface area is 101 Å². The van der Waals surface area contributed by atoms with Gasteiger partial charge in [-0.2, -0.15) is 0 Å². The Morgan fingerprint density at radius 1 is 1.38 bits per heavy atom. The van der Waals surface area contributed by atoms with E-state index in [0.717, 1.165) is 11.3 Å². The lowest BCUT2D eigenvalue weighted by Crippen LogP contribution is -2.56. The van der Waals surface area contributed by atoms with E-state index in [0.29, 0.717) is 0 Å². The molecule has 1 aromatic carbocycles. The fourth-order valence-electron chi connectivity index (χ4n) is 2.41. The van der Waals surface area contributed by atoms with Crippen LogP contribution in [-0.2, 0) is 6.42 Å². The zero-order chi connectivity index (χ0) is 11.0. The molecule has 1 aromatic rings. The van der Waals surface area contributed by atoms with Gasteiger partial charge in [0.25, 0.3) is 0 Å². The average molecular weight is 234 g/mol. The SMILES string of the molecule is CN(CC1Cc2ccccc2S1)C1CNC1. The van der Waals surface area contributed by atoms with Gasteiger partial charge < -0.3 is 5.32 Å². The Balaban J connectivity index is 1.59. The molecule has 0 radical (unpaired) electrons. The molecule has 1 fully saturated rings. The number of hydrogen-bond acceptors (Lipinski definition) is 3. The lowest BCUT2D eigenvalue weighted by atomic mass is 10.1. The van der Waals surface area contributed by atoms with E-state index in [9.17, 15) is 0 Å². The van der Waals surface area contributed by atoms with Crippen LogP contribution in [-0.4, -0.2) is 42.9 Å². The van der Waals surface area contributed by atoms with Crippen LogP contribution in [0.5, 0.6) is 0 Å². The van der Waals surface area contributed by atoms with Crippen LogP contribution in [0, 0.1) is 0 Å². The molecular formula is C13H18N2S. The lowest BCUT2D eigenvalue weighted by molar-refractivity contribution is 0.181. The van der Waals surface area contributed by atoms with Crippen LogP contribution in [0.2, 0.25) is 0 Å². The second kappa shape index (κ2) is 4.40. The monoisotopic (exact) mass is 234 g/mol. The molecule has 0 spiro atoms. The molecule has 1 N–H and O–H groups in total. The molecule has 0 bridgehead atoms. The van der Waals surface area contributed by atoms with Crippen LogP contribution in [0.1, 0.15) is 5.56 Å². The molecule has 2 aliphatic heterocycles. The summed E-state index contributed by atoms with van der Waals surface area (Å²) in [5.74, 6) is 0. The number of nitrogens with zero attached hydrogens (tertiary/aromatic N) is 1. The molecule has 1 atom stereocenters. The van der Waals surface area contributed by atoms with Crippen molar-refractivity contribution in [1.29, 1.82) is 0 Å². The van der Waals surface area contributed by atoms with E-state index in [4.69, 9.17) is 0 Å². The highest BCUT2D eigenvalue weighted by atomic mass is 32.2. The zero-order valence-electron chi connectivity index (χ0n) is 9.65. The highest BCUT2D eigenvalue weighted by molar-refractivity contribution is 8.00. The highest BCUT2D eigenvalue weighted by Crippen LogP contribution is 2.37. The van der Waals surface area contributed by atoms with Gasteiger partial charge in [0, 0.05) is 35.8 Å². The molecule has 86 valence electrons. The average Bonchev–Trinajstić information content (AvgIpc) is 2.56. The number of nitrogens with one attached hydrogen (secondary N) is 1. The molecule has 0 amide bonds. The topological polar surface area (TPSA) is 15.3 Å². The third-order valence-corrected chi connectivity index (χ3v) is 4.89. The van der Waals surface area contributed by atoms with Gasteiger partial charge >= 0.3 is 0 Å². The molecule has 1 unspecified atom stereocenters. The lowest BCUT2D eigenvalue weighted by Gasteiger charge is -2.36. The number of fused-ring (bicyclic) bond motifs is 1. The Kier molecular flexibility index (Phi) is 2.92. The largest absolute Gasteiger partial charge is 0.314 e. The predicted molar refractivity (Wildman–Crippen MR) is 69.1 cm³/mol. The van der Waals surface area contributed by atoms with Crippen molar-refractivity contribution in [1.82, 2.24) is 10.2 Å². The maximum absolute atomic E-state index is 3.34. The van der Waals surface area contributed by atoms with Gasteiger partial charge in [-0.1, -0.05) is 18.2 Å². The van der Waals surface area contributed by atoms with Crippen molar-refractivity contribution in [3.8, 4) is 0 Å². The summed E-state index contributed by atoms with van der Waals surface area (Å²) in [7, 11) is 2.26. The van der Waals surface area contributed by atoms with Crippen molar-refractivity contribution >= 4 is 11.8 Å². The van der Waals surface area contributed by atoms with Crippen molar-refractivity contribution in [2.75, 3.05) is 26.7 Å². The zero-order valence-corrected chi connectivity index (χ0v) is 10.5. The molecule has 2 heterocycles. The molecule has 3 heteroatoms. The first-order chi connectivity index (χ1) is 7.83. The number of rotatable bonds is 3. The molecule has 2 aliphatic rings. The molecule has 1 saturated heterocycles. The quantitative estimate of drug-likeness (QED) is 0.855. The number of hydrogen-bond donors (Lipinski definition) is 1. The summed E-state index contributed by atoms with van der Waals surface area (Å²) < 4.78 is 0. The van der Waals surface area contributed by atoms with Crippen molar-refractivity contribution in [2.24, 2.45) is 0 Å². The fraction of sp³-hybridized carbons (Fsp3) is 0.538. The van der Waals surface area contributed by atoms with E-state index in [-0.39, 0.29) is 0 Å². The molecule has 16 heavy (non-hydrogen) atoms. The second-order valence-corrected chi connectivity index (χ2v) is 6.15. The first kappa shape index (κ1) is 10.6. The standard InChI is InChI=1S/C13H18N2S/c1-15(11-7-14-8-11)9-12-6-10-4-2-3-5-13(10)16-12/h2-5,11-12,14H,6-9H2,1H3. The van der Waals surface area contributed by atoms with E-state index in [1.165, 1.54) is 36.5 Å². The summed E-state index contributed by atoms with van der Waals surface area (Å²) >= 11 is 2.05. The van der Waals surface area contributed by atoms with Crippen molar-refractivity contribution in [3.05, 3.63) is 29.8 Å². The van der Waals surface area contributed by atoms with Gasteiger partial charge in [-0.25, -0.2) is 0 Å². The van der Waals surface area contributed by atoms with Crippen molar-refractivity contribution in [2.45, 2.75) is 22.6 Å². The van der Waals surface area contributed by atoms with Gasteiger partial charge in [-0.3, -0.25) is 4.90 Å². The Morgan fingerprint density at radius 3 is 2.88 bits per heavy atom. The smallest absolute Gasteiger partial charge is 0.0342 e. The van der Waals surface area contributed by atoms with Crippen LogP contribution in [0.4, 0.5) is 0 Å². The van der Waals surface area contributed by atoms with Gasteiger partial charge in [0.05, 0.1) is 0 Å². The van der Waals surface area contributed by atoms with Crippen LogP contribution in [0.25, 0.3) is 0 Å². The Morgan fingerprint density at radius 2 is 2.19 bits per heavy atom. The number of benzene rings is 1. The molecule has 0 aromatic heterocycles.